The number of carbonyl (C=O) groups is 1. The summed E-state index contributed by atoms with van der Waals surface area (Å²) < 4.78 is 4.03. The fourth-order valence-electron chi connectivity index (χ4n) is 2.92. The van der Waals surface area contributed by atoms with E-state index in [0.717, 1.165) is 28.1 Å². The Bertz CT molecular complexity index is 933. The fourth-order valence-corrected chi connectivity index (χ4v) is 2.92. The Balaban J connectivity index is 1.67. The van der Waals surface area contributed by atoms with E-state index in [1.165, 1.54) is 0 Å². The lowest BCUT2D eigenvalue weighted by atomic mass is 10.1. The van der Waals surface area contributed by atoms with Crippen LogP contribution < -0.4 is 10.2 Å². The molecule has 6 nitrogen and oxygen atoms in total. The number of carbonyl (C=O) groups excluding carboxylic acids is 1. The zero-order valence-electron chi connectivity index (χ0n) is 15.0. The average Bonchev–Trinajstić information content (AvgIpc) is 3.12. The zero-order valence-corrected chi connectivity index (χ0v) is 15.0. The van der Waals surface area contributed by atoms with Crippen molar-refractivity contribution in [3.8, 4) is 0 Å². The van der Waals surface area contributed by atoms with Crippen molar-refractivity contribution in [2.45, 2.75) is 6.54 Å². The highest BCUT2D eigenvalue weighted by atomic mass is 16.1. The lowest BCUT2D eigenvalue weighted by Gasteiger charge is -2.12. The molecule has 0 radical (unpaired) electrons. The van der Waals surface area contributed by atoms with Gasteiger partial charge in [-0.3, -0.25) is 4.79 Å². The van der Waals surface area contributed by atoms with Crippen molar-refractivity contribution in [3.05, 3.63) is 54.0 Å². The molecule has 0 bridgehead atoms. The SMILES string of the molecule is CN(C)c1ncc(CNC(=O)C=Cc2cn(C)c3ccccc23)n1C. The first-order chi connectivity index (χ1) is 12.0. The number of aryl methyl sites for hydroxylation is 1. The molecule has 0 aliphatic rings. The molecule has 1 amide bonds. The summed E-state index contributed by atoms with van der Waals surface area (Å²) in [5, 5.41) is 4.04. The molecule has 0 aliphatic heterocycles. The number of para-hydroxylation sites is 1. The van der Waals surface area contributed by atoms with Crippen LogP contribution in [0.2, 0.25) is 0 Å². The van der Waals surface area contributed by atoms with Crippen molar-refractivity contribution in [2.24, 2.45) is 14.1 Å². The number of nitrogens with zero attached hydrogens (tertiary/aromatic N) is 4. The summed E-state index contributed by atoms with van der Waals surface area (Å²) in [6.07, 6.45) is 7.24. The van der Waals surface area contributed by atoms with E-state index in [1.807, 2.05) is 62.1 Å². The number of amides is 1. The molecule has 0 fully saturated rings. The zero-order chi connectivity index (χ0) is 18.0. The minimum absolute atomic E-state index is 0.125. The largest absolute Gasteiger partial charge is 0.350 e. The summed E-state index contributed by atoms with van der Waals surface area (Å²) in [6.45, 7) is 0.441. The van der Waals surface area contributed by atoms with Gasteiger partial charge in [0.25, 0.3) is 0 Å². The number of hydrogen-bond acceptors (Lipinski definition) is 3. The number of fused-ring (bicyclic) bond motifs is 1. The molecule has 130 valence electrons. The van der Waals surface area contributed by atoms with Crippen LogP contribution in [-0.2, 0) is 25.4 Å². The molecule has 0 saturated carbocycles. The summed E-state index contributed by atoms with van der Waals surface area (Å²) in [7, 11) is 7.83. The molecule has 25 heavy (non-hydrogen) atoms. The molecule has 2 aromatic heterocycles. The number of benzene rings is 1. The van der Waals surface area contributed by atoms with Crippen molar-refractivity contribution in [1.82, 2.24) is 19.4 Å². The van der Waals surface area contributed by atoms with Gasteiger partial charge in [-0.25, -0.2) is 4.98 Å². The molecule has 2 heterocycles. The molecule has 6 heteroatoms. The second-order valence-corrected chi connectivity index (χ2v) is 6.27. The van der Waals surface area contributed by atoms with E-state index < -0.39 is 0 Å². The highest BCUT2D eigenvalue weighted by Crippen LogP contribution is 2.21. The van der Waals surface area contributed by atoms with Gasteiger partial charge in [-0.15, -0.1) is 0 Å². The summed E-state index contributed by atoms with van der Waals surface area (Å²) in [5.74, 6) is 0.732. The van der Waals surface area contributed by atoms with Crippen molar-refractivity contribution >= 4 is 28.8 Å². The molecule has 0 atom stereocenters. The first-order valence-corrected chi connectivity index (χ1v) is 8.15. The predicted molar refractivity (Wildman–Crippen MR) is 101 cm³/mol. The Morgan fingerprint density at radius 2 is 2.04 bits per heavy atom. The predicted octanol–water partition coefficient (Wildman–Crippen LogP) is 2.31. The Kier molecular flexibility index (Phi) is 4.61. The van der Waals surface area contributed by atoms with E-state index in [0.29, 0.717) is 6.54 Å². The Hall–Kier alpha value is -3.02. The number of rotatable bonds is 5. The number of anilines is 1. The van der Waals surface area contributed by atoms with Gasteiger partial charge in [0.1, 0.15) is 0 Å². The first-order valence-electron chi connectivity index (χ1n) is 8.15. The van der Waals surface area contributed by atoms with Crippen molar-refractivity contribution in [3.63, 3.8) is 0 Å². The van der Waals surface area contributed by atoms with E-state index in [2.05, 4.69) is 27.0 Å². The van der Waals surface area contributed by atoms with Gasteiger partial charge < -0.3 is 19.4 Å². The summed E-state index contributed by atoms with van der Waals surface area (Å²) >= 11 is 0. The maximum absolute atomic E-state index is 12.1. The third-order valence-corrected chi connectivity index (χ3v) is 4.25. The van der Waals surface area contributed by atoms with Crippen LogP contribution in [0.1, 0.15) is 11.3 Å². The molecule has 0 aliphatic carbocycles. The van der Waals surface area contributed by atoms with Crippen LogP contribution in [0.15, 0.2) is 42.7 Å². The van der Waals surface area contributed by atoms with E-state index in [1.54, 1.807) is 12.3 Å². The lowest BCUT2D eigenvalue weighted by molar-refractivity contribution is -0.116. The third kappa shape index (κ3) is 3.42. The van der Waals surface area contributed by atoms with Gasteiger partial charge in [-0.2, -0.15) is 0 Å². The average molecular weight is 337 g/mol. The van der Waals surface area contributed by atoms with Crippen LogP contribution in [0, 0.1) is 0 Å². The molecular weight excluding hydrogens is 314 g/mol. The summed E-state index contributed by atoms with van der Waals surface area (Å²) in [5.41, 5.74) is 3.13. The molecule has 0 saturated heterocycles. The molecule has 0 unspecified atom stereocenters. The Labute approximate surface area is 147 Å². The van der Waals surface area contributed by atoms with Crippen LogP contribution in [0.4, 0.5) is 5.95 Å². The molecular formula is C19H23N5O. The van der Waals surface area contributed by atoms with Crippen LogP contribution in [0.3, 0.4) is 0 Å². The topological polar surface area (TPSA) is 55.1 Å². The number of nitrogens with one attached hydrogen (secondary N) is 1. The standard InChI is InChI=1S/C19H23N5O/c1-22(2)19-21-12-15(24(19)4)11-20-18(25)10-9-14-13-23(3)17-8-6-5-7-16(14)17/h5-10,12-13H,11H2,1-4H3,(H,20,25). The van der Waals surface area contributed by atoms with Gasteiger partial charge >= 0.3 is 0 Å². The van der Waals surface area contributed by atoms with Crippen LogP contribution in [0.25, 0.3) is 17.0 Å². The summed E-state index contributed by atoms with van der Waals surface area (Å²) in [6, 6.07) is 8.14. The normalized spacial score (nSPS) is 11.4. The van der Waals surface area contributed by atoms with E-state index in [-0.39, 0.29) is 5.91 Å². The van der Waals surface area contributed by atoms with E-state index >= 15 is 0 Å². The van der Waals surface area contributed by atoms with Gasteiger partial charge in [0, 0.05) is 56.9 Å². The number of aromatic nitrogens is 3. The van der Waals surface area contributed by atoms with Gasteiger partial charge in [-0.1, -0.05) is 18.2 Å². The Morgan fingerprint density at radius 1 is 1.28 bits per heavy atom. The number of hydrogen-bond donors (Lipinski definition) is 1. The second kappa shape index (κ2) is 6.84. The van der Waals surface area contributed by atoms with E-state index in [4.69, 9.17) is 0 Å². The highest BCUT2D eigenvalue weighted by molar-refractivity contribution is 5.96. The molecule has 0 spiro atoms. The minimum atomic E-state index is -0.125. The van der Waals surface area contributed by atoms with Gasteiger partial charge in [0.15, 0.2) is 0 Å². The van der Waals surface area contributed by atoms with Crippen molar-refractivity contribution in [1.29, 1.82) is 0 Å². The lowest BCUT2D eigenvalue weighted by Crippen LogP contribution is -2.22. The fraction of sp³-hybridized carbons (Fsp3) is 0.263. The van der Waals surface area contributed by atoms with Crippen LogP contribution in [0.5, 0.6) is 0 Å². The van der Waals surface area contributed by atoms with Crippen LogP contribution >= 0.6 is 0 Å². The van der Waals surface area contributed by atoms with Gasteiger partial charge in [-0.05, 0) is 12.1 Å². The quantitative estimate of drug-likeness (QED) is 0.727. The smallest absolute Gasteiger partial charge is 0.244 e. The maximum atomic E-state index is 12.1. The molecule has 1 N–H and O–H groups in total. The molecule has 3 aromatic rings. The molecule has 3 rings (SSSR count). The minimum Gasteiger partial charge on any atom is -0.350 e. The van der Waals surface area contributed by atoms with Crippen molar-refractivity contribution in [2.75, 3.05) is 19.0 Å². The first kappa shape index (κ1) is 16.8. The monoisotopic (exact) mass is 337 g/mol. The van der Waals surface area contributed by atoms with Crippen molar-refractivity contribution < 1.29 is 4.79 Å². The molecule has 1 aromatic carbocycles. The summed E-state index contributed by atoms with van der Waals surface area (Å²) in [4.78, 5) is 18.4. The van der Waals surface area contributed by atoms with Gasteiger partial charge in [0.05, 0.1) is 18.4 Å². The highest BCUT2D eigenvalue weighted by Gasteiger charge is 2.08. The third-order valence-electron chi connectivity index (χ3n) is 4.25. The number of imidazole rings is 1. The van der Waals surface area contributed by atoms with Gasteiger partial charge in [0.2, 0.25) is 11.9 Å². The van der Waals surface area contributed by atoms with E-state index in [9.17, 15) is 4.79 Å². The maximum Gasteiger partial charge on any atom is 0.244 e. The second-order valence-electron chi connectivity index (χ2n) is 6.27. The van der Waals surface area contributed by atoms with Crippen LogP contribution in [-0.4, -0.2) is 34.1 Å². The Morgan fingerprint density at radius 3 is 2.76 bits per heavy atom.